The third kappa shape index (κ3) is 17.7. The first-order valence-electron chi connectivity index (χ1n) is 13.3. The Hall–Kier alpha value is -1.41. The molecule has 1 rings (SSSR count). The summed E-state index contributed by atoms with van der Waals surface area (Å²) in [5, 5.41) is 0. The van der Waals surface area contributed by atoms with Gasteiger partial charge in [-0.25, -0.2) is 9.59 Å². The van der Waals surface area contributed by atoms with Crippen LogP contribution in [-0.2, 0) is 9.47 Å². The van der Waals surface area contributed by atoms with E-state index in [1.165, 1.54) is 96.1 Å². The van der Waals surface area contributed by atoms with Crippen molar-refractivity contribution in [1.29, 1.82) is 0 Å². The van der Waals surface area contributed by atoms with Gasteiger partial charge in [0.2, 0.25) is 0 Å². The number of hydrogen-bond donors (Lipinski definition) is 0. The summed E-state index contributed by atoms with van der Waals surface area (Å²) in [6, 6.07) is 6.44. The van der Waals surface area contributed by atoms with Crippen molar-refractivity contribution < 1.29 is 19.1 Å². The lowest BCUT2D eigenvalue weighted by atomic mass is 10.0. The van der Waals surface area contributed by atoms with Crippen LogP contribution in [0.3, 0.4) is 0 Å². The molecule has 190 valence electrons. The van der Waals surface area contributed by atoms with E-state index in [0.29, 0.717) is 0 Å². The molecule has 0 aliphatic carbocycles. The highest BCUT2D eigenvalue weighted by molar-refractivity contribution is 7.16. The van der Waals surface area contributed by atoms with E-state index in [0.717, 1.165) is 0 Å². The summed E-state index contributed by atoms with van der Waals surface area (Å²) in [5.41, 5.74) is 0.477. The highest BCUT2D eigenvalue weighted by Gasteiger charge is 2.17. The third-order valence-corrected chi connectivity index (χ3v) is 5.88. The van der Waals surface area contributed by atoms with Crippen LogP contribution in [0, 0.1) is 0 Å². The maximum Gasteiger partial charge on any atom is 0.338 e. The Morgan fingerprint density at radius 2 is 0.939 bits per heavy atom. The summed E-state index contributed by atoms with van der Waals surface area (Å²) < 4.78 is 9.70. The fourth-order valence-corrected chi connectivity index (χ4v) is 3.88. The molecular formula is C28H49O4P. The first-order chi connectivity index (χ1) is 16.1. The molecule has 1 aromatic carbocycles. The molecule has 0 heterocycles. The largest absolute Gasteiger partial charge is 0.462 e. The number of benzene rings is 1. The lowest BCUT2D eigenvalue weighted by Gasteiger charge is -2.07. The van der Waals surface area contributed by atoms with Crippen molar-refractivity contribution in [3.63, 3.8) is 0 Å². The molecular weight excluding hydrogens is 431 g/mol. The zero-order valence-corrected chi connectivity index (χ0v) is 22.7. The summed E-state index contributed by atoms with van der Waals surface area (Å²) in [6.07, 6.45) is 21.7. The van der Waals surface area contributed by atoms with Gasteiger partial charge < -0.3 is 9.47 Å². The molecule has 5 heteroatoms. The number of hydrogen-bond acceptors (Lipinski definition) is 4. The molecule has 0 bridgehead atoms. The fraction of sp³-hybridized carbons (Fsp3) is 0.714. The molecule has 0 aliphatic heterocycles. The number of carbonyl (C=O) groups is 2. The Morgan fingerprint density at radius 3 is 1.24 bits per heavy atom. The maximum atomic E-state index is 11.5. The minimum Gasteiger partial charge on any atom is -0.462 e. The molecule has 0 fully saturated rings. The van der Waals surface area contributed by atoms with Gasteiger partial charge in [0.25, 0.3) is 0 Å². The highest BCUT2D eigenvalue weighted by atomic mass is 31.0. The molecule has 1 aromatic rings. The van der Waals surface area contributed by atoms with E-state index >= 15 is 0 Å². The molecule has 0 aromatic heterocycles. The van der Waals surface area contributed by atoms with E-state index < -0.39 is 11.9 Å². The predicted molar refractivity (Wildman–Crippen MR) is 143 cm³/mol. The third-order valence-electron chi connectivity index (χ3n) is 5.48. The van der Waals surface area contributed by atoms with Gasteiger partial charge in [-0.15, -0.1) is 9.24 Å². The van der Waals surface area contributed by atoms with E-state index in [1.54, 1.807) is 38.1 Å². The van der Waals surface area contributed by atoms with Gasteiger partial charge in [-0.1, -0.05) is 103 Å². The second-order valence-corrected chi connectivity index (χ2v) is 8.95. The molecule has 1 unspecified atom stereocenters. The van der Waals surface area contributed by atoms with Crippen molar-refractivity contribution >= 4 is 21.2 Å². The van der Waals surface area contributed by atoms with Crippen LogP contribution in [0.5, 0.6) is 0 Å². The van der Waals surface area contributed by atoms with Gasteiger partial charge in [-0.05, 0) is 38.6 Å². The van der Waals surface area contributed by atoms with Crippen molar-refractivity contribution in [3.05, 3.63) is 35.4 Å². The summed E-state index contributed by atoms with van der Waals surface area (Å²) in [4.78, 5) is 23.1. The highest BCUT2D eigenvalue weighted by Crippen LogP contribution is 2.13. The van der Waals surface area contributed by atoms with Crippen molar-refractivity contribution in [1.82, 2.24) is 0 Å². The van der Waals surface area contributed by atoms with Gasteiger partial charge in [0.15, 0.2) is 0 Å². The Kier molecular flexibility index (Phi) is 22.7. The lowest BCUT2D eigenvalue weighted by Crippen LogP contribution is -2.13. The first-order valence-corrected chi connectivity index (χ1v) is 14.1. The van der Waals surface area contributed by atoms with Crippen molar-refractivity contribution in [2.45, 2.75) is 111 Å². The Balaban J connectivity index is 0.000000621. The van der Waals surface area contributed by atoms with Gasteiger partial charge in [-0.2, -0.15) is 0 Å². The number of rotatable bonds is 18. The van der Waals surface area contributed by atoms with Crippen LogP contribution in [0.4, 0.5) is 0 Å². The van der Waals surface area contributed by atoms with Crippen LogP contribution in [0.25, 0.3) is 0 Å². The van der Waals surface area contributed by atoms with E-state index in [2.05, 4.69) is 16.2 Å². The Bertz CT molecular complexity index is 552. The van der Waals surface area contributed by atoms with Crippen LogP contribution < -0.4 is 0 Å². The molecule has 0 spiro atoms. The standard InChI is InChI=1S/C16H35P.C12H14O4/c1-2-3-4-5-6-7-8-9-10-11-12-13-14-15-16-17;1-3-15-11(13)9-7-5-6-8-10(9)12(14)16-4-2/h2-17H2,1H3;5-8H,3-4H2,1-2H3. The van der Waals surface area contributed by atoms with E-state index in [4.69, 9.17) is 9.47 Å². The van der Waals surface area contributed by atoms with E-state index in [1.807, 2.05) is 0 Å². The zero-order valence-electron chi connectivity index (χ0n) is 21.5. The summed E-state index contributed by atoms with van der Waals surface area (Å²) in [7, 11) is 2.82. The van der Waals surface area contributed by atoms with Gasteiger partial charge in [0, 0.05) is 0 Å². The molecule has 0 amide bonds. The van der Waals surface area contributed by atoms with Gasteiger partial charge >= 0.3 is 11.9 Å². The summed E-state index contributed by atoms with van der Waals surface area (Å²) in [6.45, 7) is 6.26. The molecule has 4 nitrogen and oxygen atoms in total. The van der Waals surface area contributed by atoms with E-state index in [-0.39, 0.29) is 24.3 Å². The number of ether oxygens (including phenoxy) is 2. The SMILES string of the molecule is CCCCCCCCCCCCCCCCP.CCOC(=O)c1ccccc1C(=O)OCC. The topological polar surface area (TPSA) is 52.6 Å². The van der Waals surface area contributed by atoms with Gasteiger partial charge in [-0.3, -0.25) is 0 Å². The first kappa shape index (κ1) is 31.6. The van der Waals surface area contributed by atoms with E-state index in [9.17, 15) is 9.59 Å². The molecule has 0 N–H and O–H groups in total. The molecule has 0 aliphatic rings. The second kappa shape index (κ2) is 23.7. The minimum atomic E-state index is -0.508. The average molecular weight is 481 g/mol. The zero-order chi connectivity index (χ0) is 24.6. The van der Waals surface area contributed by atoms with Crippen molar-refractivity contribution in [3.8, 4) is 0 Å². The van der Waals surface area contributed by atoms with Crippen molar-refractivity contribution in [2.75, 3.05) is 19.4 Å². The number of esters is 2. The Labute approximate surface area is 205 Å². The number of unbranched alkanes of at least 4 members (excludes halogenated alkanes) is 13. The Morgan fingerprint density at radius 1 is 0.606 bits per heavy atom. The van der Waals surface area contributed by atoms with Crippen molar-refractivity contribution in [2.24, 2.45) is 0 Å². The second-order valence-electron chi connectivity index (χ2n) is 8.37. The average Bonchev–Trinajstić information content (AvgIpc) is 2.83. The normalized spacial score (nSPS) is 10.3. The summed E-state index contributed by atoms with van der Waals surface area (Å²) >= 11 is 0. The molecule has 33 heavy (non-hydrogen) atoms. The van der Waals surface area contributed by atoms with Gasteiger partial charge in [0.05, 0.1) is 24.3 Å². The van der Waals surface area contributed by atoms with Crippen LogP contribution in [-0.4, -0.2) is 31.3 Å². The lowest BCUT2D eigenvalue weighted by molar-refractivity contribution is 0.0479. The smallest absolute Gasteiger partial charge is 0.338 e. The molecule has 0 saturated carbocycles. The molecule has 0 radical (unpaired) electrons. The quantitative estimate of drug-likeness (QED) is 0.120. The van der Waals surface area contributed by atoms with Crippen LogP contribution in [0.15, 0.2) is 24.3 Å². The predicted octanol–water partition coefficient (Wildman–Crippen LogP) is 8.38. The van der Waals surface area contributed by atoms with Crippen LogP contribution >= 0.6 is 9.24 Å². The monoisotopic (exact) mass is 480 g/mol. The van der Waals surface area contributed by atoms with Crippen LogP contribution in [0.2, 0.25) is 0 Å². The molecule has 0 saturated heterocycles. The maximum absolute atomic E-state index is 11.5. The van der Waals surface area contributed by atoms with Gasteiger partial charge in [0.1, 0.15) is 0 Å². The fourth-order valence-electron chi connectivity index (χ4n) is 3.60. The summed E-state index contributed by atoms with van der Waals surface area (Å²) in [5.74, 6) is -1.02. The van der Waals surface area contributed by atoms with Crippen LogP contribution in [0.1, 0.15) is 131 Å². The number of carbonyl (C=O) groups excluding carboxylic acids is 2. The molecule has 1 atom stereocenters. The minimum absolute atomic E-state index is 0.239.